The first-order valence-corrected chi connectivity index (χ1v) is 4.23. The van der Waals surface area contributed by atoms with Crippen molar-refractivity contribution in [3.8, 4) is 0 Å². The van der Waals surface area contributed by atoms with Crippen LogP contribution in [0, 0.1) is 0 Å². The van der Waals surface area contributed by atoms with E-state index in [1.807, 2.05) is 19.9 Å². The molecule has 0 atom stereocenters. The third-order valence-electron chi connectivity index (χ3n) is 1.39. The smallest absolute Gasteiger partial charge is 0.337 e. The summed E-state index contributed by atoms with van der Waals surface area (Å²) in [6.07, 6.45) is 6.15. The summed E-state index contributed by atoms with van der Waals surface area (Å²) in [5.74, 6) is -0.306. The molecule has 0 spiro atoms. The Morgan fingerprint density at radius 1 is 1.46 bits per heavy atom. The zero-order chi connectivity index (χ0) is 10.3. The summed E-state index contributed by atoms with van der Waals surface area (Å²) in [5, 5.41) is 0. The molecule has 0 heterocycles. The molecular formula is C11H16O2. The van der Waals surface area contributed by atoms with E-state index in [0.29, 0.717) is 5.57 Å². The van der Waals surface area contributed by atoms with E-state index in [1.54, 1.807) is 12.2 Å². The first kappa shape index (κ1) is 11.7. The zero-order valence-electron chi connectivity index (χ0n) is 8.46. The van der Waals surface area contributed by atoms with Gasteiger partial charge in [-0.3, -0.25) is 0 Å². The molecule has 0 saturated carbocycles. The number of ether oxygens (including phenoxy) is 1. The molecule has 0 aromatic rings. The van der Waals surface area contributed by atoms with E-state index in [4.69, 9.17) is 0 Å². The molecule has 2 heteroatoms. The minimum absolute atomic E-state index is 0.306. The highest BCUT2D eigenvalue weighted by Gasteiger charge is 2.03. The number of esters is 1. The first-order chi connectivity index (χ1) is 6.11. The number of methoxy groups -OCH3 is 1. The fourth-order valence-corrected chi connectivity index (χ4v) is 0.789. The van der Waals surface area contributed by atoms with Crippen molar-refractivity contribution in [3.63, 3.8) is 0 Å². The van der Waals surface area contributed by atoms with Crippen LogP contribution in [0.3, 0.4) is 0 Å². The van der Waals surface area contributed by atoms with E-state index in [1.165, 1.54) is 7.11 Å². The average Bonchev–Trinajstić information content (AvgIpc) is 2.10. The van der Waals surface area contributed by atoms with Gasteiger partial charge in [0.1, 0.15) is 0 Å². The highest BCUT2D eigenvalue weighted by atomic mass is 16.5. The summed E-state index contributed by atoms with van der Waals surface area (Å²) in [5.41, 5.74) is 1.49. The predicted molar refractivity (Wildman–Crippen MR) is 54.3 cm³/mol. The quantitative estimate of drug-likeness (QED) is 0.377. The number of hydrogen-bond acceptors (Lipinski definition) is 2. The molecule has 0 bridgehead atoms. The molecule has 0 amide bonds. The molecule has 72 valence electrons. The summed E-state index contributed by atoms with van der Waals surface area (Å²) in [7, 11) is 1.38. The topological polar surface area (TPSA) is 26.3 Å². The van der Waals surface area contributed by atoms with Gasteiger partial charge in [0, 0.05) is 0 Å². The van der Waals surface area contributed by atoms with Crippen LogP contribution in [-0.4, -0.2) is 13.1 Å². The van der Waals surface area contributed by atoms with Crippen LogP contribution in [0.2, 0.25) is 0 Å². The van der Waals surface area contributed by atoms with Gasteiger partial charge in [-0.05, 0) is 19.4 Å². The third-order valence-corrected chi connectivity index (χ3v) is 1.39. The normalized spacial score (nSPS) is 11.8. The molecule has 2 nitrogen and oxygen atoms in total. The Morgan fingerprint density at radius 2 is 2.08 bits per heavy atom. The van der Waals surface area contributed by atoms with Crippen molar-refractivity contribution in [1.82, 2.24) is 0 Å². The van der Waals surface area contributed by atoms with Gasteiger partial charge in [0.2, 0.25) is 0 Å². The fourth-order valence-electron chi connectivity index (χ4n) is 0.789. The Labute approximate surface area is 79.6 Å². The van der Waals surface area contributed by atoms with Crippen molar-refractivity contribution in [2.75, 3.05) is 7.11 Å². The molecular weight excluding hydrogens is 164 g/mol. The summed E-state index contributed by atoms with van der Waals surface area (Å²) in [6.45, 7) is 7.55. The van der Waals surface area contributed by atoms with Crippen molar-refractivity contribution in [3.05, 3.63) is 36.0 Å². The Balaban J connectivity index is 4.54. The number of carbonyl (C=O) groups is 1. The number of carbonyl (C=O) groups excluding carboxylic acids is 1. The molecule has 0 N–H and O–H groups in total. The van der Waals surface area contributed by atoms with Gasteiger partial charge >= 0.3 is 5.97 Å². The SMILES string of the molecule is C=C(C)/C=C\C(=C/CC)C(=O)OC. The van der Waals surface area contributed by atoms with E-state index in [-0.39, 0.29) is 5.97 Å². The predicted octanol–water partition coefficient (Wildman–Crippen LogP) is 2.63. The maximum atomic E-state index is 11.1. The van der Waals surface area contributed by atoms with Crippen LogP contribution in [0.4, 0.5) is 0 Å². The van der Waals surface area contributed by atoms with E-state index in [2.05, 4.69) is 11.3 Å². The summed E-state index contributed by atoms with van der Waals surface area (Å²) in [6, 6.07) is 0. The van der Waals surface area contributed by atoms with E-state index in [0.717, 1.165) is 12.0 Å². The van der Waals surface area contributed by atoms with Gasteiger partial charge in [-0.1, -0.05) is 31.2 Å². The molecule has 0 aromatic carbocycles. The lowest BCUT2D eigenvalue weighted by Crippen LogP contribution is -2.02. The van der Waals surface area contributed by atoms with Crippen LogP contribution in [-0.2, 0) is 9.53 Å². The average molecular weight is 180 g/mol. The Morgan fingerprint density at radius 3 is 2.46 bits per heavy atom. The van der Waals surface area contributed by atoms with Crippen LogP contribution < -0.4 is 0 Å². The molecule has 0 aliphatic carbocycles. The Bertz CT molecular complexity index is 247. The van der Waals surface area contributed by atoms with Crippen molar-refractivity contribution in [1.29, 1.82) is 0 Å². The molecule has 0 aliphatic heterocycles. The van der Waals surface area contributed by atoms with Crippen molar-refractivity contribution in [2.24, 2.45) is 0 Å². The molecule has 0 unspecified atom stereocenters. The van der Waals surface area contributed by atoms with Crippen LogP contribution in [0.1, 0.15) is 20.3 Å². The fraction of sp³-hybridized carbons (Fsp3) is 0.364. The van der Waals surface area contributed by atoms with Gasteiger partial charge in [-0.25, -0.2) is 4.79 Å². The van der Waals surface area contributed by atoms with Crippen LogP contribution in [0.25, 0.3) is 0 Å². The van der Waals surface area contributed by atoms with Crippen molar-refractivity contribution >= 4 is 5.97 Å². The monoisotopic (exact) mass is 180 g/mol. The van der Waals surface area contributed by atoms with Crippen LogP contribution in [0.15, 0.2) is 36.0 Å². The second kappa shape index (κ2) is 6.23. The molecule has 0 aliphatic rings. The third kappa shape index (κ3) is 5.01. The highest BCUT2D eigenvalue weighted by molar-refractivity contribution is 5.91. The second-order valence-corrected chi connectivity index (χ2v) is 2.74. The van der Waals surface area contributed by atoms with Crippen LogP contribution in [0.5, 0.6) is 0 Å². The number of allylic oxidation sites excluding steroid dienone is 3. The lowest BCUT2D eigenvalue weighted by Gasteiger charge is -1.98. The second-order valence-electron chi connectivity index (χ2n) is 2.74. The number of hydrogen-bond donors (Lipinski definition) is 0. The molecule has 13 heavy (non-hydrogen) atoms. The van der Waals surface area contributed by atoms with Gasteiger partial charge < -0.3 is 4.74 Å². The van der Waals surface area contributed by atoms with Gasteiger partial charge in [-0.15, -0.1) is 0 Å². The van der Waals surface area contributed by atoms with Gasteiger partial charge in [-0.2, -0.15) is 0 Å². The standard InChI is InChI=1S/C11H16O2/c1-5-6-10(11(12)13-4)8-7-9(2)3/h6-8H,2,5H2,1,3-4H3/b8-7-,10-6+. The highest BCUT2D eigenvalue weighted by Crippen LogP contribution is 2.03. The van der Waals surface area contributed by atoms with Gasteiger partial charge in [0.05, 0.1) is 12.7 Å². The molecule has 0 saturated heterocycles. The van der Waals surface area contributed by atoms with E-state index in [9.17, 15) is 4.79 Å². The molecule has 0 aromatic heterocycles. The van der Waals surface area contributed by atoms with Gasteiger partial charge in [0.15, 0.2) is 0 Å². The zero-order valence-corrected chi connectivity index (χ0v) is 8.46. The minimum Gasteiger partial charge on any atom is -0.465 e. The summed E-state index contributed by atoms with van der Waals surface area (Å²) in [4.78, 5) is 11.1. The molecule has 0 rings (SSSR count). The minimum atomic E-state index is -0.306. The Kier molecular flexibility index (Phi) is 5.60. The van der Waals surface area contributed by atoms with Crippen molar-refractivity contribution in [2.45, 2.75) is 20.3 Å². The lowest BCUT2D eigenvalue weighted by atomic mass is 10.2. The maximum Gasteiger partial charge on any atom is 0.337 e. The lowest BCUT2D eigenvalue weighted by molar-refractivity contribution is -0.135. The number of rotatable bonds is 4. The largest absolute Gasteiger partial charge is 0.465 e. The van der Waals surface area contributed by atoms with E-state index < -0.39 is 0 Å². The van der Waals surface area contributed by atoms with Crippen LogP contribution >= 0.6 is 0 Å². The maximum absolute atomic E-state index is 11.1. The van der Waals surface area contributed by atoms with Crippen molar-refractivity contribution < 1.29 is 9.53 Å². The van der Waals surface area contributed by atoms with Gasteiger partial charge in [0.25, 0.3) is 0 Å². The Hall–Kier alpha value is -1.31. The summed E-state index contributed by atoms with van der Waals surface area (Å²) < 4.78 is 4.61. The first-order valence-electron chi connectivity index (χ1n) is 4.23. The summed E-state index contributed by atoms with van der Waals surface area (Å²) >= 11 is 0. The molecule has 0 radical (unpaired) electrons. The van der Waals surface area contributed by atoms with E-state index >= 15 is 0 Å². The molecule has 0 fully saturated rings.